The summed E-state index contributed by atoms with van der Waals surface area (Å²) in [5, 5.41) is 5.20. The van der Waals surface area contributed by atoms with Crippen molar-refractivity contribution in [1.82, 2.24) is 14.6 Å². The SMILES string of the molecule is CC(C)c1nn2c(=O)cc(COC(=O)C34CC5CC(CC(C5)C3)C4)nc2s1. The molecule has 0 aromatic carbocycles. The van der Waals surface area contributed by atoms with Gasteiger partial charge in [-0.2, -0.15) is 9.61 Å². The average Bonchev–Trinajstić information content (AvgIpc) is 3.03. The van der Waals surface area contributed by atoms with Gasteiger partial charge in [-0.15, -0.1) is 0 Å². The van der Waals surface area contributed by atoms with Crippen molar-refractivity contribution < 1.29 is 9.53 Å². The van der Waals surface area contributed by atoms with Crippen LogP contribution in [0.3, 0.4) is 0 Å². The van der Waals surface area contributed by atoms with E-state index in [1.165, 1.54) is 41.2 Å². The number of aromatic nitrogens is 3. The third kappa shape index (κ3) is 2.91. The Morgan fingerprint density at radius 1 is 1.26 bits per heavy atom. The van der Waals surface area contributed by atoms with Gasteiger partial charge in [0.05, 0.1) is 11.1 Å². The van der Waals surface area contributed by atoms with Crippen LogP contribution < -0.4 is 5.56 Å². The molecule has 2 aromatic rings. The highest BCUT2D eigenvalue weighted by Gasteiger charge is 2.55. The van der Waals surface area contributed by atoms with Crippen molar-refractivity contribution in [1.29, 1.82) is 0 Å². The second-order valence-electron chi connectivity index (χ2n) is 9.15. The van der Waals surface area contributed by atoms with Crippen LogP contribution in [-0.2, 0) is 16.1 Å². The molecule has 2 aromatic heterocycles. The van der Waals surface area contributed by atoms with Gasteiger partial charge in [0.15, 0.2) is 0 Å². The molecule has 0 unspecified atom stereocenters. The molecule has 144 valence electrons. The van der Waals surface area contributed by atoms with E-state index in [9.17, 15) is 9.59 Å². The van der Waals surface area contributed by atoms with E-state index in [4.69, 9.17) is 4.74 Å². The number of hydrogen-bond acceptors (Lipinski definition) is 6. The maximum Gasteiger partial charge on any atom is 0.312 e. The van der Waals surface area contributed by atoms with Gasteiger partial charge in [-0.1, -0.05) is 25.2 Å². The zero-order valence-corrected chi connectivity index (χ0v) is 16.6. The van der Waals surface area contributed by atoms with Crippen LogP contribution in [0.25, 0.3) is 4.96 Å². The van der Waals surface area contributed by atoms with Gasteiger partial charge in [-0.3, -0.25) is 9.59 Å². The number of hydrogen-bond donors (Lipinski definition) is 0. The largest absolute Gasteiger partial charge is 0.459 e. The van der Waals surface area contributed by atoms with Crippen molar-refractivity contribution in [2.24, 2.45) is 23.2 Å². The molecule has 7 heteroatoms. The summed E-state index contributed by atoms with van der Waals surface area (Å²) in [5.41, 5.74) is 0.0180. The van der Waals surface area contributed by atoms with Gasteiger partial charge in [0.25, 0.3) is 5.56 Å². The van der Waals surface area contributed by atoms with Crippen molar-refractivity contribution in [2.75, 3.05) is 0 Å². The van der Waals surface area contributed by atoms with Crippen molar-refractivity contribution in [3.05, 3.63) is 27.1 Å². The molecule has 4 bridgehead atoms. The molecule has 0 aliphatic heterocycles. The summed E-state index contributed by atoms with van der Waals surface area (Å²) < 4.78 is 7.04. The molecule has 4 aliphatic carbocycles. The lowest BCUT2D eigenvalue weighted by molar-refractivity contribution is -0.173. The lowest BCUT2D eigenvalue weighted by Crippen LogP contribution is -2.50. The summed E-state index contributed by atoms with van der Waals surface area (Å²) in [6.07, 6.45) is 6.85. The number of esters is 1. The number of ether oxygens (including phenoxy) is 1. The maximum absolute atomic E-state index is 13.0. The number of nitrogens with zero attached hydrogens (tertiary/aromatic N) is 3. The normalized spacial score (nSPS) is 31.7. The van der Waals surface area contributed by atoms with Crippen molar-refractivity contribution in [3.63, 3.8) is 0 Å². The summed E-state index contributed by atoms with van der Waals surface area (Å²) >= 11 is 1.42. The predicted molar refractivity (Wildman–Crippen MR) is 102 cm³/mol. The van der Waals surface area contributed by atoms with Gasteiger partial charge in [0.2, 0.25) is 4.96 Å². The molecule has 0 saturated heterocycles. The molecule has 27 heavy (non-hydrogen) atoms. The Morgan fingerprint density at radius 2 is 1.89 bits per heavy atom. The summed E-state index contributed by atoms with van der Waals surface area (Å²) in [4.78, 5) is 30.4. The van der Waals surface area contributed by atoms with E-state index >= 15 is 0 Å². The smallest absolute Gasteiger partial charge is 0.312 e. The summed E-state index contributed by atoms with van der Waals surface area (Å²) in [5.74, 6) is 2.28. The van der Waals surface area contributed by atoms with Gasteiger partial charge in [0.1, 0.15) is 11.6 Å². The number of carbonyl (C=O) groups excluding carboxylic acids is 1. The summed E-state index contributed by atoms with van der Waals surface area (Å²) in [7, 11) is 0. The molecule has 0 radical (unpaired) electrons. The molecule has 4 fully saturated rings. The van der Waals surface area contributed by atoms with E-state index in [-0.39, 0.29) is 29.5 Å². The zero-order chi connectivity index (χ0) is 18.8. The van der Waals surface area contributed by atoms with E-state index in [1.807, 2.05) is 13.8 Å². The highest BCUT2D eigenvalue weighted by molar-refractivity contribution is 7.16. The number of rotatable bonds is 4. The average molecular weight is 388 g/mol. The van der Waals surface area contributed by atoms with Crippen LogP contribution in [0.5, 0.6) is 0 Å². The maximum atomic E-state index is 13.0. The van der Waals surface area contributed by atoms with Crippen LogP contribution in [0.1, 0.15) is 69.0 Å². The highest BCUT2D eigenvalue weighted by atomic mass is 32.1. The van der Waals surface area contributed by atoms with Crippen molar-refractivity contribution in [3.8, 4) is 0 Å². The summed E-state index contributed by atoms with van der Waals surface area (Å²) in [6, 6.07) is 1.43. The minimum absolute atomic E-state index is 0.0707. The van der Waals surface area contributed by atoms with Gasteiger partial charge < -0.3 is 4.74 Å². The molecule has 6 rings (SSSR count). The number of fused-ring (bicyclic) bond motifs is 1. The highest BCUT2D eigenvalue weighted by Crippen LogP contribution is 2.60. The lowest BCUT2D eigenvalue weighted by Gasteiger charge is -2.55. The van der Waals surface area contributed by atoms with Crippen molar-refractivity contribution in [2.45, 2.75) is 64.9 Å². The zero-order valence-electron chi connectivity index (χ0n) is 15.8. The van der Waals surface area contributed by atoms with Crippen LogP contribution in [0.2, 0.25) is 0 Å². The fourth-order valence-corrected chi connectivity index (χ4v) is 6.76. The Kier molecular flexibility index (Phi) is 3.93. The topological polar surface area (TPSA) is 73.6 Å². The van der Waals surface area contributed by atoms with E-state index in [0.717, 1.165) is 24.3 Å². The fraction of sp³-hybridized carbons (Fsp3) is 0.700. The molecule has 0 atom stereocenters. The first-order valence-electron chi connectivity index (χ1n) is 9.99. The second kappa shape index (κ2) is 6.12. The van der Waals surface area contributed by atoms with Gasteiger partial charge in [-0.25, -0.2) is 4.98 Å². The molecule has 4 aliphatic rings. The fourth-order valence-electron chi connectivity index (χ4n) is 5.83. The molecular weight excluding hydrogens is 362 g/mol. The predicted octanol–water partition coefficient (Wildman–Crippen LogP) is 3.53. The first-order chi connectivity index (χ1) is 12.9. The Balaban J connectivity index is 1.34. The lowest BCUT2D eigenvalue weighted by atomic mass is 9.49. The quantitative estimate of drug-likeness (QED) is 0.750. The first kappa shape index (κ1) is 17.3. The van der Waals surface area contributed by atoms with Gasteiger partial charge in [-0.05, 0) is 56.3 Å². The Hall–Kier alpha value is -1.76. The standard InChI is InChI=1S/C20H25N3O3S/c1-11(2)17-22-23-16(24)6-15(21-19(23)27-17)10-26-18(25)20-7-12-3-13(8-20)5-14(4-12)9-20/h6,11-14H,3-5,7-10H2,1-2H3. The van der Waals surface area contributed by atoms with Crippen LogP contribution in [-0.4, -0.2) is 20.6 Å². The monoisotopic (exact) mass is 387 g/mol. The molecule has 0 amide bonds. The van der Waals surface area contributed by atoms with E-state index in [1.54, 1.807) is 0 Å². The Morgan fingerprint density at radius 3 is 2.48 bits per heavy atom. The number of carbonyl (C=O) groups is 1. The third-order valence-corrected chi connectivity index (χ3v) is 7.84. The molecular formula is C20H25N3O3S. The van der Waals surface area contributed by atoms with Crippen LogP contribution in [0.4, 0.5) is 0 Å². The van der Waals surface area contributed by atoms with E-state index < -0.39 is 0 Å². The molecule has 6 nitrogen and oxygen atoms in total. The van der Waals surface area contributed by atoms with Crippen LogP contribution in [0.15, 0.2) is 10.9 Å². The van der Waals surface area contributed by atoms with Crippen molar-refractivity contribution >= 4 is 22.3 Å². The minimum Gasteiger partial charge on any atom is -0.459 e. The molecule has 4 saturated carbocycles. The van der Waals surface area contributed by atoms with E-state index in [2.05, 4.69) is 10.1 Å². The minimum atomic E-state index is -0.275. The Labute approximate surface area is 162 Å². The molecule has 2 heterocycles. The van der Waals surface area contributed by atoms with Crippen LogP contribution in [0, 0.1) is 23.2 Å². The Bertz CT molecular complexity index is 926. The first-order valence-corrected chi connectivity index (χ1v) is 10.8. The third-order valence-electron chi connectivity index (χ3n) is 6.63. The second-order valence-corrected chi connectivity index (χ2v) is 10.1. The van der Waals surface area contributed by atoms with Gasteiger partial charge in [0, 0.05) is 12.0 Å². The molecule has 0 N–H and O–H groups in total. The van der Waals surface area contributed by atoms with E-state index in [0.29, 0.717) is 28.4 Å². The van der Waals surface area contributed by atoms with Gasteiger partial charge >= 0.3 is 5.97 Å². The molecule has 0 spiro atoms. The van der Waals surface area contributed by atoms with Crippen LogP contribution >= 0.6 is 11.3 Å². The summed E-state index contributed by atoms with van der Waals surface area (Å²) in [6.45, 7) is 4.15.